The van der Waals surface area contributed by atoms with Gasteiger partial charge in [0.05, 0.1) is 21.7 Å². The molecule has 154 valence electrons. The Balaban J connectivity index is 1.68. The van der Waals surface area contributed by atoms with E-state index in [1.54, 1.807) is 23.7 Å². The Morgan fingerprint density at radius 2 is 2.00 bits per heavy atom. The van der Waals surface area contributed by atoms with Crippen LogP contribution in [-0.2, 0) is 16.6 Å². The number of carbonyl (C=O) groups excluding carboxylic acids is 1. The molecular weight excluding hydrogens is 442 g/mol. The van der Waals surface area contributed by atoms with E-state index in [-0.39, 0.29) is 17.5 Å². The van der Waals surface area contributed by atoms with Gasteiger partial charge in [-0.15, -0.1) is 6.42 Å². The first-order chi connectivity index (χ1) is 14.3. The Labute approximate surface area is 183 Å². The Bertz CT molecular complexity index is 1340. The summed E-state index contributed by atoms with van der Waals surface area (Å²) in [6.45, 7) is 0.262. The van der Waals surface area contributed by atoms with Crippen molar-refractivity contribution in [3.05, 3.63) is 57.9 Å². The van der Waals surface area contributed by atoms with Crippen molar-refractivity contribution in [1.29, 1.82) is 0 Å². The third-order valence-electron chi connectivity index (χ3n) is 4.93. The van der Waals surface area contributed by atoms with Crippen molar-refractivity contribution < 1.29 is 13.2 Å². The largest absolute Gasteiger partial charge is 0.305 e. The molecule has 1 aliphatic carbocycles. The van der Waals surface area contributed by atoms with Crippen LogP contribution in [0, 0.1) is 12.3 Å². The SMILES string of the molecule is C#CCn1c(=NC(=O)c2ccc(S(=O)(=O)N(C)C3CC3)cc2)sc2cc(Cl)ccc21. The van der Waals surface area contributed by atoms with Crippen LogP contribution in [0.25, 0.3) is 10.2 Å². The lowest BCUT2D eigenvalue weighted by molar-refractivity contribution is 0.0998. The number of amides is 1. The molecule has 2 aromatic carbocycles. The minimum absolute atomic E-state index is 0.0689. The van der Waals surface area contributed by atoms with Gasteiger partial charge in [-0.05, 0) is 55.3 Å². The summed E-state index contributed by atoms with van der Waals surface area (Å²) in [5.41, 5.74) is 1.14. The van der Waals surface area contributed by atoms with E-state index in [0.29, 0.717) is 15.4 Å². The van der Waals surface area contributed by atoms with Gasteiger partial charge in [-0.25, -0.2) is 8.42 Å². The van der Waals surface area contributed by atoms with Crippen molar-refractivity contribution in [2.45, 2.75) is 30.3 Å². The maximum atomic E-state index is 12.7. The zero-order valence-corrected chi connectivity index (χ0v) is 18.5. The van der Waals surface area contributed by atoms with E-state index in [2.05, 4.69) is 10.9 Å². The number of sulfonamides is 1. The first-order valence-electron chi connectivity index (χ1n) is 9.21. The molecule has 1 fully saturated rings. The summed E-state index contributed by atoms with van der Waals surface area (Å²) in [5.74, 6) is 2.10. The Morgan fingerprint density at radius 1 is 1.30 bits per heavy atom. The normalized spacial score (nSPS) is 14.9. The summed E-state index contributed by atoms with van der Waals surface area (Å²) in [6.07, 6.45) is 7.24. The fraction of sp³-hybridized carbons (Fsp3) is 0.238. The van der Waals surface area contributed by atoms with Gasteiger partial charge >= 0.3 is 0 Å². The zero-order chi connectivity index (χ0) is 21.5. The second kappa shape index (κ2) is 8.00. The summed E-state index contributed by atoms with van der Waals surface area (Å²) in [6, 6.07) is 11.3. The molecule has 30 heavy (non-hydrogen) atoms. The van der Waals surface area contributed by atoms with E-state index in [0.717, 1.165) is 23.1 Å². The molecule has 0 bridgehead atoms. The number of rotatable bonds is 5. The van der Waals surface area contributed by atoms with Gasteiger partial charge in [0.15, 0.2) is 4.80 Å². The van der Waals surface area contributed by atoms with Crippen molar-refractivity contribution in [3.8, 4) is 12.3 Å². The number of fused-ring (bicyclic) bond motifs is 1. The third kappa shape index (κ3) is 3.94. The smallest absolute Gasteiger partial charge is 0.279 e. The maximum absolute atomic E-state index is 12.7. The van der Waals surface area contributed by atoms with Gasteiger partial charge in [-0.1, -0.05) is 28.9 Å². The van der Waals surface area contributed by atoms with Gasteiger partial charge in [-0.2, -0.15) is 9.30 Å². The van der Waals surface area contributed by atoms with Gasteiger partial charge in [0.2, 0.25) is 10.0 Å². The molecule has 0 radical (unpaired) electrons. The van der Waals surface area contributed by atoms with Crippen LogP contribution in [0.4, 0.5) is 0 Å². The van der Waals surface area contributed by atoms with Crippen LogP contribution in [0.1, 0.15) is 23.2 Å². The monoisotopic (exact) mass is 459 g/mol. The number of benzene rings is 2. The number of thiazole rings is 1. The quantitative estimate of drug-likeness (QED) is 0.548. The fourth-order valence-corrected chi connectivity index (χ4v) is 5.82. The van der Waals surface area contributed by atoms with E-state index in [4.69, 9.17) is 18.0 Å². The topological polar surface area (TPSA) is 71.7 Å². The molecule has 3 aromatic rings. The molecule has 0 spiro atoms. The van der Waals surface area contributed by atoms with E-state index in [1.807, 2.05) is 6.07 Å². The third-order valence-corrected chi connectivity index (χ3v) is 8.13. The molecule has 1 heterocycles. The van der Waals surface area contributed by atoms with E-state index < -0.39 is 15.9 Å². The lowest BCUT2D eigenvalue weighted by Crippen LogP contribution is -2.28. The number of hydrogen-bond acceptors (Lipinski definition) is 4. The molecule has 6 nitrogen and oxygen atoms in total. The van der Waals surface area contributed by atoms with Crippen LogP contribution >= 0.6 is 22.9 Å². The molecule has 9 heteroatoms. The minimum atomic E-state index is -3.56. The predicted molar refractivity (Wildman–Crippen MR) is 118 cm³/mol. The number of halogens is 1. The highest BCUT2D eigenvalue weighted by Gasteiger charge is 2.35. The molecule has 1 aliphatic rings. The van der Waals surface area contributed by atoms with Gasteiger partial charge in [0, 0.05) is 23.7 Å². The van der Waals surface area contributed by atoms with Gasteiger partial charge in [0.25, 0.3) is 5.91 Å². The molecule has 0 N–H and O–H groups in total. The average Bonchev–Trinajstić information content (AvgIpc) is 3.52. The Morgan fingerprint density at radius 3 is 2.63 bits per heavy atom. The summed E-state index contributed by atoms with van der Waals surface area (Å²) in [4.78, 5) is 17.6. The fourth-order valence-electron chi connectivity index (χ4n) is 3.10. The molecule has 1 amide bonds. The standard InChI is InChI=1S/C21H18ClN3O3S2/c1-3-12-25-18-11-6-15(22)13-19(18)29-21(25)23-20(26)14-4-9-17(10-5-14)30(27,28)24(2)16-7-8-16/h1,4-6,9-11,13,16H,7-8,12H2,2H3. The number of nitrogens with zero attached hydrogens (tertiary/aromatic N) is 3. The molecule has 0 aliphatic heterocycles. The summed E-state index contributed by atoms with van der Waals surface area (Å²) in [7, 11) is -1.98. The second-order valence-electron chi connectivity index (χ2n) is 6.98. The van der Waals surface area contributed by atoms with E-state index in [9.17, 15) is 13.2 Å². The Hall–Kier alpha value is -2.44. The van der Waals surface area contributed by atoms with Gasteiger partial charge in [-0.3, -0.25) is 4.79 Å². The van der Waals surface area contributed by atoms with Crippen LogP contribution in [0.5, 0.6) is 0 Å². The van der Waals surface area contributed by atoms with E-state index >= 15 is 0 Å². The lowest BCUT2D eigenvalue weighted by atomic mass is 10.2. The highest BCUT2D eigenvalue weighted by Crippen LogP contribution is 2.30. The summed E-state index contributed by atoms with van der Waals surface area (Å²) in [5, 5.41) is 0.586. The molecule has 1 saturated carbocycles. The van der Waals surface area contributed by atoms with Crippen LogP contribution in [0.3, 0.4) is 0 Å². The molecule has 0 unspecified atom stereocenters. The van der Waals surface area contributed by atoms with Crippen molar-refractivity contribution in [3.63, 3.8) is 0 Å². The minimum Gasteiger partial charge on any atom is -0.305 e. The highest BCUT2D eigenvalue weighted by molar-refractivity contribution is 7.89. The molecule has 0 atom stereocenters. The van der Waals surface area contributed by atoms with Crippen molar-refractivity contribution in [1.82, 2.24) is 8.87 Å². The first kappa shape index (κ1) is 20.8. The average molecular weight is 460 g/mol. The van der Waals surface area contributed by atoms with Crippen molar-refractivity contribution in [2.24, 2.45) is 4.99 Å². The van der Waals surface area contributed by atoms with Crippen molar-refractivity contribution in [2.75, 3.05) is 7.05 Å². The van der Waals surface area contributed by atoms with Crippen LogP contribution in [-0.4, -0.2) is 36.3 Å². The molecule has 0 saturated heterocycles. The maximum Gasteiger partial charge on any atom is 0.279 e. The van der Waals surface area contributed by atoms with Gasteiger partial charge in [0.1, 0.15) is 0 Å². The highest BCUT2D eigenvalue weighted by atomic mass is 35.5. The summed E-state index contributed by atoms with van der Waals surface area (Å²) >= 11 is 7.38. The van der Waals surface area contributed by atoms with Gasteiger partial charge < -0.3 is 4.57 Å². The molecule has 4 rings (SSSR count). The van der Waals surface area contributed by atoms with E-state index in [1.165, 1.54) is 39.9 Å². The number of carbonyl (C=O) groups is 1. The molecule has 1 aromatic heterocycles. The van der Waals surface area contributed by atoms with Crippen LogP contribution in [0.15, 0.2) is 52.4 Å². The van der Waals surface area contributed by atoms with Crippen LogP contribution in [0.2, 0.25) is 5.02 Å². The summed E-state index contributed by atoms with van der Waals surface area (Å²) < 4.78 is 29.3. The lowest BCUT2D eigenvalue weighted by Gasteiger charge is -2.16. The van der Waals surface area contributed by atoms with Crippen molar-refractivity contribution >= 4 is 49.1 Å². The molecular formula is C21H18ClN3O3S2. The second-order valence-corrected chi connectivity index (χ2v) is 10.4. The number of terminal acetylenes is 1. The van der Waals surface area contributed by atoms with Crippen LogP contribution < -0.4 is 4.80 Å². The Kier molecular flexibility index (Phi) is 5.55. The first-order valence-corrected chi connectivity index (χ1v) is 11.8. The number of aromatic nitrogens is 1. The zero-order valence-electron chi connectivity index (χ0n) is 16.1. The predicted octanol–water partition coefficient (Wildman–Crippen LogP) is 3.51. The number of hydrogen-bond donors (Lipinski definition) is 0.